The molecule has 1 aliphatic rings. The van der Waals surface area contributed by atoms with Crippen molar-refractivity contribution in [2.75, 3.05) is 13.6 Å². The second kappa shape index (κ2) is 4.24. The van der Waals surface area contributed by atoms with Crippen LogP contribution in [0.15, 0.2) is 29.2 Å². The summed E-state index contributed by atoms with van der Waals surface area (Å²) < 4.78 is 23.7. The fraction of sp³-hybridized carbons (Fsp3) is 0.417. The van der Waals surface area contributed by atoms with Crippen LogP contribution in [-0.4, -0.2) is 37.6 Å². The molecule has 0 radical (unpaired) electrons. The van der Waals surface area contributed by atoms with Gasteiger partial charge in [0.05, 0.1) is 4.90 Å². The zero-order valence-corrected chi connectivity index (χ0v) is 11.8. The summed E-state index contributed by atoms with van der Waals surface area (Å²) in [5, 5.41) is 0.467. The molecule has 1 amide bonds. The quantitative estimate of drug-likeness (QED) is 0.832. The number of sulfone groups is 1. The Bertz CT molecular complexity index is 582. The van der Waals surface area contributed by atoms with Gasteiger partial charge in [-0.1, -0.05) is 11.6 Å². The number of rotatable bonds is 2. The number of halogens is 1. The van der Waals surface area contributed by atoms with E-state index < -0.39 is 14.6 Å². The Hall–Kier alpha value is -1.07. The minimum absolute atomic E-state index is 0.137. The van der Waals surface area contributed by atoms with E-state index in [4.69, 9.17) is 11.6 Å². The van der Waals surface area contributed by atoms with E-state index in [1.54, 1.807) is 7.05 Å². The van der Waals surface area contributed by atoms with Crippen molar-refractivity contribution in [2.45, 2.75) is 23.0 Å². The summed E-state index contributed by atoms with van der Waals surface area (Å²) >= 11 is 5.74. The molecule has 1 aromatic carbocycles. The van der Waals surface area contributed by atoms with Gasteiger partial charge in [-0.25, -0.2) is 8.42 Å². The Morgan fingerprint density at radius 3 is 2.28 bits per heavy atom. The molecule has 0 aliphatic carbocycles. The third-order valence-corrected chi connectivity index (χ3v) is 6.15. The fourth-order valence-electron chi connectivity index (χ4n) is 2.12. The van der Waals surface area contributed by atoms with Crippen molar-refractivity contribution in [3.8, 4) is 0 Å². The van der Waals surface area contributed by atoms with Crippen molar-refractivity contribution < 1.29 is 13.2 Å². The summed E-state index contributed by atoms with van der Waals surface area (Å²) in [5.41, 5.74) is 0. The SMILES string of the molecule is CN1CCC(C)(S(=O)(=O)c2ccc(Cl)cc2)C1=O. The molecule has 2 rings (SSSR count). The maximum atomic E-state index is 12.5. The Balaban J connectivity index is 2.49. The Kier molecular flexibility index (Phi) is 3.15. The molecule has 0 spiro atoms. The predicted molar refractivity (Wildman–Crippen MR) is 69.3 cm³/mol. The number of likely N-dealkylation sites (tertiary alicyclic amines) is 1. The molecule has 1 fully saturated rings. The van der Waals surface area contributed by atoms with Gasteiger partial charge >= 0.3 is 0 Å². The molecule has 0 N–H and O–H groups in total. The monoisotopic (exact) mass is 287 g/mol. The van der Waals surface area contributed by atoms with E-state index in [0.717, 1.165) is 0 Å². The molecule has 18 heavy (non-hydrogen) atoms. The number of hydrogen-bond acceptors (Lipinski definition) is 3. The summed E-state index contributed by atoms with van der Waals surface area (Å²) in [6, 6.07) is 5.91. The summed E-state index contributed by atoms with van der Waals surface area (Å²) in [4.78, 5) is 13.6. The van der Waals surface area contributed by atoms with Crippen molar-refractivity contribution >= 4 is 27.3 Å². The Labute approximate surface area is 111 Å². The number of hydrogen-bond donors (Lipinski definition) is 0. The molecule has 1 aromatic rings. The lowest BCUT2D eigenvalue weighted by Gasteiger charge is -2.22. The molecule has 0 bridgehead atoms. The maximum absolute atomic E-state index is 12.5. The largest absolute Gasteiger partial charge is 0.344 e. The highest BCUT2D eigenvalue weighted by molar-refractivity contribution is 7.93. The summed E-state index contributed by atoms with van der Waals surface area (Å²) in [7, 11) is -2.07. The number of benzene rings is 1. The van der Waals surface area contributed by atoms with Gasteiger partial charge in [0.1, 0.15) is 0 Å². The highest BCUT2D eigenvalue weighted by atomic mass is 35.5. The van der Waals surface area contributed by atoms with Gasteiger partial charge in [-0.15, -0.1) is 0 Å². The number of amides is 1. The van der Waals surface area contributed by atoms with Crippen LogP contribution in [0.1, 0.15) is 13.3 Å². The van der Waals surface area contributed by atoms with Crippen molar-refractivity contribution in [3.05, 3.63) is 29.3 Å². The van der Waals surface area contributed by atoms with Gasteiger partial charge < -0.3 is 4.90 Å². The number of carbonyl (C=O) groups excluding carboxylic acids is 1. The first-order chi connectivity index (χ1) is 8.29. The third-order valence-electron chi connectivity index (χ3n) is 3.44. The van der Waals surface area contributed by atoms with Crippen LogP contribution < -0.4 is 0 Å². The molecular weight excluding hydrogens is 274 g/mol. The smallest absolute Gasteiger partial charge is 0.243 e. The molecule has 0 aromatic heterocycles. The average molecular weight is 288 g/mol. The molecule has 4 nitrogen and oxygen atoms in total. The van der Waals surface area contributed by atoms with Crippen LogP contribution in [0, 0.1) is 0 Å². The van der Waals surface area contributed by atoms with Crippen LogP contribution in [0.25, 0.3) is 0 Å². The van der Waals surface area contributed by atoms with Crippen LogP contribution in [0.5, 0.6) is 0 Å². The van der Waals surface area contributed by atoms with Crippen molar-refractivity contribution in [2.24, 2.45) is 0 Å². The molecule has 98 valence electrons. The molecule has 1 saturated heterocycles. The van der Waals surface area contributed by atoms with E-state index in [0.29, 0.717) is 18.0 Å². The number of nitrogens with zero attached hydrogens (tertiary/aromatic N) is 1. The topological polar surface area (TPSA) is 54.5 Å². The first kappa shape index (κ1) is 13.4. The molecule has 1 aliphatic heterocycles. The lowest BCUT2D eigenvalue weighted by molar-refractivity contribution is -0.128. The van der Waals surface area contributed by atoms with Crippen LogP contribution >= 0.6 is 11.6 Å². The normalized spacial score (nSPS) is 24.6. The molecule has 0 saturated carbocycles. The van der Waals surface area contributed by atoms with E-state index in [1.807, 2.05) is 0 Å². The van der Waals surface area contributed by atoms with Gasteiger partial charge in [-0.05, 0) is 37.6 Å². The lowest BCUT2D eigenvalue weighted by atomic mass is 10.1. The molecule has 1 atom stereocenters. The average Bonchev–Trinajstić information content (AvgIpc) is 2.59. The van der Waals surface area contributed by atoms with Gasteiger partial charge in [0.15, 0.2) is 14.6 Å². The second-order valence-corrected chi connectivity index (χ2v) is 7.48. The van der Waals surface area contributed by atoms with Crippen molar-refractivity contribution in [1.29, 1.82) is 0 Å². The van der Waals surface area contributed by atoms with Gasteiger partial charge in [-0.3, -0.25) is 4.79 Å². The summed E-state index contributed by atoms with van der Waals surface area (Å²) in [6.07, 6.45) is 0.313. The standard InChI is InChI=1S/C12H14ClNO3S/c1-12(7-8-14(2)11(12)15)18(16,17)10-5-3-9(13)4-6-10/h3-6H,7-8H2,1-2H3. The van der Waals surface area contributed by atoms with Gasteiger partial charge in [0.25, 0.3) is 0 Å². The maximum Gasteiger partial charge on any atom is 0.243 e. The third kappa shape index (κ3) is 1.82. The zero-order chi connectivity index (χ0) is 13.6. The van der Waals surface area contributed by atoms with E-state index in [2.05, 4.69) is 0 Å². The first-order valence-corrected chi connectivity index (χ1v) is 7.41. The van der Waals surface area contributed by atoms with Gasteiger partial charge in [0, 0.05) is 18.6 Å². The summed E-state index contributed by atoms with van der Waals surface area (Å²) in [6.45, 7) is 1.95. The predicted octanol–water partition coefficient (Wildman–Crippen LogP) is 1.73. The molecule has 1 heterocycles. The van der Waals surface area contributed by atoms with E-state index in [-0.39, 0.29) is 10.8 Å². The first-order valence-electron chi connectivity index (χ1n) is 5.55. The van der Waals surface area contributed by atoms with E-state index >= 15 is 0 Å². The van der Waals surface area contributed by atoms with Crippen LogP contribution in [0.4, 0.5) is 0 Å². The lowest BCUT2D eigenvalue weighted by Crippen LogP contribution is -2.43. The fourth-order valence-corrected chi connectivity index (χ4v) is 4.00. The van der Waals surface area contributed by atoms with Gasteiger partial charge in [-0.2, -0.15) is 0 Å². The minimum atomic E-state index is -3.69. The minimum Gasteiger partial charge on any atom is -0.344 e. The van der Waals surface area contributed by atoms with E-state index in [1.165, 1.54) is 36.1 Å². The molecule has 6 heteroatoms. The number of carbonyl (C=O) groups is 1. The summed E-state index contributed by atoms with van der Waals surface area (Å²) in [5.74, 6) is -0.350. The zero-order valence-electron chi connectivity index (χ0n) is 10.2. The van der Waals surface area contributed by atoms with Crippen molar-refractivity contribution in [1.82, 2.24) is 4.90 Å². The Morgan fingerprint density at radius 1 is 1.28 bits per heavy atom. The van der Waals surface area contributed by atoms with Gasteiger partial charge in [0.2, 0.25) is 5.91 Å². The Morgan fingerprint density at radius 2 is 1.83 bits per heavy atom. The van der Waals surface area contributed by atoms with Crippen LogP contribution in [-0.2, 0) is 14.6 Å². The highest BCUT2D eigenvalue weighted by Gasteiger charge is 2.52. The molecular formula is C12H14ClNO3S. The van der Waals surface area contributed by atoms with Crippen LogP contribution in [0.2, 0.25) is 5.02 Å². The van der Waals surface area contributed by atoms with Crippen molar-refractivity contribution in [3.63, 3.8) is 0 Å². The highest BCUT2D eigenvalue weighted by Crippen LogP contribution is 2.35. The molecule has 1 unspecified atom stereocenters. The second-order valence-electron chi connectivity index (χ2n) is 4.66. The van der Waals surface area contributed by atoms with Crippen LogP contribution in [0.3, 0.4) is 0 Å². The van der Waals surface area contributed by atoms with E-state index in [9.17, 15) is 13.2 Å².